The molecule has 0 bridgehead atoms. The number of hydrogen-bond donors (Lipinski definition) is 0. The van der Waals surface area contributed by atoms with Gasteiger partial charge in [-0.3, -0.25) is 9.69 Å². The lowest BCUT2D eigenvalue weighted by molar-refractivity contribution is 0.0718. The molecule has 2 aliphatic heterocycles. The summed E-state index contributed by atoms with van der Waals surface area (Å²) in [5, 5.41) is 0. The SMILES string of the molecule is O=C(c1cnc(N2CCN(Cc3ccccc3)CC2)cn1)N1CCCCC1. The normalized spacial score (nSPS) is 18.5. The Hall–Kier alpha value is -2.47. The molecule has 0 aliphatic carbocycles. The van der Waals surface area contributed by atoms with Gasteiger partial charge in [-0.25, -0.2) is 9.97 Å². The third kappa shape index (κ3) is 4.45. The minimum Gasteiger partial charge on any atom is -0.353 e. The molecule has 1 aromatic heterocycles. The van der Waals surface area contributed by atoms with Crippen LogP contribution < -0.4 is 4.90 Å². The highest BCUT2D eigenvalue weighted by Crippen LogP contribution is 2.16. The lowest BCUT2D eigenvalue weighted by Crippen LogP contribution is -2.46. The van der Waals surface area contributed by atoms with E-state index in [2.05, 4.69) is 50.1 Å². The first-order chi connectivity index (χ1) is 13.3. The van der Waals surface area contributed by atoms with Crippen LogP contribution in [0.5, 0.6) is 0 Å². The van der Waals surface area contributed by atoms with Gasteiger partial charge in [-0.2, -0.15) is 0 Å². The number of likely N-dealkylation sites (tertiary alicyclic amines) is 1. The second-order valence-corrected chi connectivity index (χ2v) is 7.36. The van der Waals surface area contributed by atoms with Gasteiger partial charge in [0.2, 0.25) is 0 Å². The maximum atomic E-state index is 12.5. The van der Waals surface area contributed by atoms with Crippen LogP contribution in [0.1, 0.15) is 35.3 Å². The van der Waals surface area contributed by atoms with E-state index in [4.69, 9.17) is 0 Å². The Kier molecular flexibility index (Phi) is 5.63. The molecule has 0 saturated carbocycles. The van der Waals surface area contributed by atoms with Crippen LogP contribution in [-0.2, 0) is 6.54 Å². The summed E-state index contributed by atoms with van der Waals surface area (Å²) in [7, 11) is 0. The Labute approximate surface area is 160 Å². The molecule has 2 saturated heterocycles. The Morgan fingerprint density at radius 1 is 0.852 bits per heavy atom. The predicted molar refractivity (Wildman–Crippen MR) is 106 cm³/mol. The summed E-state index contributed by atoms with van der Waals surface area (Å²) in [5.74, 6) is 0.881. The maximum absolute atomic E-state index is 12.5. The number of rotatable bonds is 4. The molecule has 3 heterocycles. The number of anilines is 1. The van der Waals surface area contributed by atoms with Crippen LogP contribution in [0.25, 0.3) is 0 Å². The van der Waals surface area contributed by atoms with Crippen LogP contribution in [0.2, 0.25) is 0 Å². The highest BCUT2D eigenvalue weighted by molar-refractivity contribution is 5.92. The van der Waals surface area contributed by atoms with Crippen LogP contribution >= 0.6 is 0 Å². The first-order valence-corrected chi connectivity index (χ1v) is 9.92. The minimum atomic E-state index is 0.0152. The monoisotopic (exact) mass is 365 g/mol. The van der Waals surface area contributed by atoms with E-state index in [0.717, 1.165) is 64.5 Å². The zero-order chi connectivity index (χ0) is 18.5. The van der Waals surface area contributed by atoms with Gasteiger partial charge in [0.05, 0.1) is 12.4 Å². The summed E-state index contributed by atoms with van der Waals surface area (Å²) in [6, 6.07) is 10.6. The fraction of sp³-hybridized carbons (Fsp3) is 0.476. The van der Waals surface area contributed by atoms with E-state index in [1.54, 1.807) is 12.4 Å². The Balaban J connectivity index is 1.31. The number of amides is 1. The summed E-state index contributed by atoms with van der Waals surface area (Å²) in [6.07, 6.45) is 6.78. The van der Waals surface area contributed by atoms with Crippen LogP contribution in [0.3, 0.4) is 0 Å². The Bertz CT molecular complexity index is 735. The topological polar surface area (TPSA) is 52.6 Å². The molecule has 0 unspecified atom stereocenters. The zero-order valence-electron chi connectivity index (χ0n) is 15.8. The van der Waals surface area contributed by atoms with E-state index in [-0.39, 0.29) is 5.91 Å². The highest BCUT2D eigenvalue weighted by Gasteiger charge is 2.21. The van der Waals surface area contributed by atoms with Gasteiger partial charge in [0.25, 0.3) is 5.91 Å². The Morgan fingerprint density at radius 2 is 1.59 bits per heavy atom. The molecule has 0 atom stereocenters. The molecule has 0 spiro atoms. The zero-order valence-corrected chi connectivity index (χ0v) is 15.8. The molecule has 1 amide bonds. The van der Waals surface area contributed by atoms with Gasteiger partial charge in [0, 0.05) is 45.8 Å². The average molecular weight is 365 g/mol. The molecule has 27 heavy (non-hydrogen) atoms. The van der Waals surface area contributed by atoms with Crippen LogP contribution in [0, 0.1) is 0 Å². The van der Waals surface area contributed by atoms with Gasteiger partial charge in [0.15, 0.2) is 0 Å². The molecule has 6 heteroatoms. The number of piperidine rings is 1. The summed E-state index contributed by atoms with van der Waals surface area (Å²) in [4.78, 5) is 28.1. The van der Waals surface area contributed by atoms with Gasteiger partial charge in [-0.15, -0.1) is 0 Å². The van der Waals surface area contributed by atoms with Crippen molar-refractivity contribution in [1.29, 1.82) is 0 Å². The smallest absolute Gasteiger partial charge is 0.274 e. The second kappa shape index (κ2) is 8.48. The average Bonchev–Trinajstić information content (AvgIpc) is 2.75. The number of piperazine rings is 1. The first kappa shape index (κ1) is 17.9. The fourth-order valence-electron chi connectivity index (χ4n) is 3.83. The van der Waals surface area contributed by atoms with E-state index >= 15 is 0 Å². The Morgan fingerprint density at radius 3 is 2.26 bits per heavy atom. The molecule has 142 valence electrons. The van der Waals surface area contributed by atoms with Crippen molar-refractivity contribution in [3.63, 3.8) is 0 Å². The quantitative estimate of drug-likeness (QED) is 0.833. The maximum Gasteiger partial charge on any atom is 0.274 e. The van der Waals surface area contributed by atoms with E-state index in [0.29, 0.717) is 5.69 Å². The minimum absolute atomic E-state index is 0.0152. The van der Waals surface area contributed by atoms with Gasteiger partial charge >= 0.3 is 0 Å². The molecule has 2 fully saturated rings. The molecule has 2 aliphatic rings. The first-order valence-electron chi connectivity index (χ1n) is 9.92. The summed E-state index contributed by atoms with van der Waals surface area (Å²) in [6.45, 7) is 6.54. The summed E-state index contributed by atoms with van der Waals surface area (Å²) in [5.41, 5.74) is 1.81. The molecule has 0 N–H and O–H groups in total. The number of aromatic nitrogens is 2. The van der Waals surface area contributed by atoms with Crippen molar-refractivity contribution in [3.8, 4) is 0 Å². The van der Waals surface area contributed by atoms with Gasteiger partial charge < -0.3 is 9.80 Å². The number of carbonyl (C=O) groups is 1. The summed E-state index contributed by atoms with van der Waals surface area (Å²) >= 11 is 0. The third-order valence-electron chi connectivity index (χ3n) is 5.45. The molecule has 4 rings (SSSR count). The van der Waals surface area contributed by atoms with Gasteiger partial charge in [-0.1, -0.05) is 30.3 Å². The van der Waals surface area contributed by atoms with Gasteiger partial charge in [-0.05, 0) is 24.8 Å². The molecular formula is C21H27N5O. The van der Waals surface area contributed by atoms with Crippen molar-refractivity contribution < 1.29 is 4.79 Å². The highest BCUT2D eigenvalue weighted by atomic mass is 16.2. The second-order valence-electron chi connectivity index (χ2n) is 7.36. The molecular weight excluding hydrogens is 338 g/mol. The number of carbonyl (C=O) groups excluding carboxylic acids is 1. The molecule has 2 aromatic rings. The van der Waals surface area contributed by atoms with Crippen molar-refractivity contribution >= 4 is 11.7 Å². The molecule has 1 aromatic carbocycles. The van der Waals surface area contributed by atoms with Crippen molar-refractivity contribution in [2.45, 2.75) is 25.8 Å². The summed E-state index contributed by atoms with van der Waals surface area (Å²) < 4.78 is 0. The number of nitrogens with zero attached hydrogens (tertiary/aromatic N) is 5. The lowest BCUT2D eigenvalue weighted by Gasteiger charge is -2.35. The largest absolute Gasteiger partial charge is 0.353 e. The number of hydrogen-bond acceptors (Lipinski definition) is 5. The van der Waals surface area contributed by atoms with Crippen LogP contribution in [-0.4, -0.2) is 64.9 Å². The predicted octanol–water partition coefficient (Wildman–Crippen LogP) is 2.42. The molecule has 6 nitrogen and oxygen atoms in total. The lowest BCUT2D eigenvalue weighted by atomic mass is 10.1. The van der Waals surface area contributed by atoms with Crippen molar-refractivity contribution in [1.82, 2.24) is 19.8 Å². The van der Waals surface area contributed by atoms with Crippen molar-refractivity contribution in [2.24, 2.45) is 0 Å². The van der Waals surface area contributed by atoms with Gasteiger partial charge in [0.1, 0.15) is 11.5 Å². The number of benzene rings is 1. The third-order valence-corrected chi connectivity index (χ3v) is 5.45. The van der Waals surface area contributed by atoms with Crippen molar-refractivity contribution in [2.75, 3.05) is 44.2 Å². The standard InChI is InChI=1S/C21H27N5O/c27-21(26-9-5-2-6-10-26)19-15-23-20(16-22-19)25-13-11-24(12-14-25)17-18-7-3-1-4-8-18/h1,3-4,7-8,15-16H,2,5-6,9-14,17H2. The van der Waals surface area contributed by atoms with Crippen LogP contribution in [0.4, 0.5) is 5.82 Å². The molecule has 0 radical (unpaired) electrons. The van der Waals surface area contributed by atoms with Crippen LogP contribution in [0.15, 0.2) is 42.7 Å². The van der Waals surface area contributed by atoms with E-state index < -0.39 is 0 Å². The van der Waals surface area contributed by atoms with Crippen molar-refractivity contribution in [3.05, 3.63) is 54.0 Å². The van der Waals surface area contributed by atoms with E-state index in [1.165, 1.54) is 12.0 Å². The fourth-order valence-corrected chi connectivity index (χ4v) is 3.83. The van der Waals surface area contributed by atoms with E-state index in [9.17, 15) is 4.79 Å². The van der Waals surface area contributed by atoms with E-state index in [1.807, 2.05) is 4.90 Å².